The van der Waals surface area contributed by atoms with Gasteiger partial charge >= 0.3 is 5.97 Å². The SMILES string of the molecule is CCC(C)C(NC(=O)C(C)NC(=O)C1CCCN1)C(=O)NC(C(=O)O)C(C)O. The van der Waals surface area contributed by atoms with Crippen LogP contribution in [0.1, 0.15) is 47.0 Å². The van der Waals surface area contributed by atoms with Crippen molar-refractivity contribution in [3.63, 3.8) is 0 Å². The minimum atomic E-state index is -1.48. The normalized spacial score (nSPS) is 21.7. The van der Waals surface area contributed by atoms with Crippen LogP contribution in [0.5, 0.6) is 0 Å². The third-order valence-electron chi connectivity index (χ3n) is 4.97. The first-order valence-corrected chi connectivity index (χ1v) is 9.63. The molecule has 6 N–H and O–H groups in total. The first-order valence-electron chi connectivity index (χ1n) is 9.63. The molecule has 1 rings (SSSR count). The molecule has 10 nitrogen and oxygen atoms in total. The average Bonchev–Trinajstić information content (AvgIpc) is 3.17. The molecule has 1 aliphatic rings. The molecule has 28 heavy (non-hydrogen) atoms. The number of aliphatic hydroxyl groups is 1. The molecule has 0 aromatic carbocycles. The molecule has 160 valence electrons. The zero-order valence-corrected chi connectivity index (χ0v) is 16.8. The molecule has 3 amide bonds. The van der Waals surface area contributed by atoms with Gasteiger partial charge in [0.15, 0.2) is 6.04 Å². The van der Waals surface area contributed by atoms with E-state index >= 15 is 0 Å². The molecule has 6 atom stereocenters. The first kappa shape index (κ1) is 23.8. The largest absolute Gasteiger partial charge is 0.480 e. The summed E-state index contributed by atoms with van der Waals surface area (Å²) in [7, 11) is 0. The Bertz CT molecular complexity index is 576. The molecule has 0 radical (unpaired) electrons. The minimum Gasteiger partial charge on any atom is -0.480 e. The molecule has 0 aliphatic carbocycles. The van der Waals surface area contributed by atoms with Gasteiger partial charge in [-0.1, -0.05) is 20.3 Å². The lowest BCUT2D eigenvalue weighted by Gasteiger charge is -2.27. The second-order valence-corrected chi connectivity index (χ2v) is 7.32. The summed E-state index contributed by atoms with van der Waals surface area (Å²) in [4.78, 5) is 48.4. The van der Waals surface area contributed by atoms with Gasteiger partial charge in [-0.15, -0.1) is 0 Å². The predicted octanol–water partition coefficient (Wildman–Crippen LogP) is -1.28. The molecule has 0 aromatic rings. The second-order valence-electron chi connectivity index (χ2n) is 7.32. The Kier molecular flexibility index (Phi) is 9.33. The van der Waals surface area contributed by atoms with Crippen LogP contribution in [0.3, 0.4) is 0 Å². The summed E-state index contributed by atoms with van der Waals surface area (Å²) in [6, 6.07) is -3.67. The molecule has 0 spiro atoms. The fourth-order valence-corrected chi connectivity index (χ4v) is 2.90. The van der Waals surface area contributed by atoms with E-state index in [1.54, 1.807) is 6.92 Å². The maximum absolute atomic E-state index is 12.6. The summed E-state index contributed by atoms with van der Waals surface area (Å²) in [5, 5.41) is 29.2. The monoisotopic (exact) mass is 400 g/mol. The third kappa shape index (κ3) is 6.75. The zero-order valence-electron chi connectivity index (χ0n) is 16.8. The van der Waals surface area contributed by atoms with E-state index < -0.39 is 42.0 Å². The van der Waals surface area contributed by atoms with Crippen LogP contribution in [-0.4, -0.2) is 70.7 Å². The van der Waals surface area contributed by atoms with E-state index in [0.29, 0.717) is 12.8 Å². The van der Waals surface area contributed by atoms with Gasteiger partial charge < -0.3 is 31.5 Å². The van der Waals surface area contributed by atoms with Crippen molar-refractivity contribution in [1.29, 1.82) is 0 Å². The van der Waals surface area contributed by atoms with Crippen LogP contribution in [-0.2, 0) is 19.2 Å². The highest BCUT2D eigenvalue weighted by Crippen LogP contribution is 2.10. The van der Waals surface area contributed by atoms with Crippen molar-refractivity contribution >= 4 is 23.7 Å². The lowest BCUT2D eigenvalue weighted by molar-refractivity contribution is -0.145. The summed E-state index contributed by atoms with van der Waals surface area (Å²) in [5.41, 5.74) is 0. The standard InChI is InChI=1S/C18H32N4O6/c1-5-9(2)13(17(26)22-14(11(4)23)18(27)28)21-15(24)10(3)20-16(25)12-7-6-8-19-12/h9-14,19,23H,5-8H2,1-4H3,(H,20,25)(H,21,24)(H,22,26)(H,27,28). The Balaban J connectivity index is 2.75. The highest BCUT2D eigenvalue weighted by Gasteiger charge is 2.33. The van der Waals surface area contributed by atoms with E-state index in [1.165, 1.54) is 13.8 Å². The van der Waals surface area contributed by atoms with E-state index in [-0.39, 0.29) is 17.9 Å². The molecule has 0 bridgehead atoms. The quantitative estimate of drug-likeness (QED) is 0.267. The van der Waals surface area contributed by atoms with Crippen molar-refractivity contribution in [2.24, 2.45) is 5.92 Å². The molecular weight excluding hydrogens is 368 g/mol. The fraction of sp³-hybridized carbons (Fsp3) is 0.778. The van der Waals surface area contributed by atoms with E-state index in [0.717, 1.165) is 13.0 Å². The number of aliphatic hydroxyl groups excluding tert-OH is 1. The summed E-state index contributed by atoms with van der Waals surface area (Å²) in [5.74, 6) is -3.18. The van der Waals surface area contributed by atoms with Crippen LogP contribution in [0.25, 0.3) is 0 Å². The van der Waals surface area contributed by atoms with Gasteiger partial charge in [0.1, 0.15) is 12.1 Å². The van der Waals surface area contributed by atoms with Gasteiger partial charge in [0.25, 0.3) is 0 Å². The van der Waals surface area contributed by atoms with Gasteiger partial charge in [0.2, 0.25) is 17.7 Å². The number of carbonyl (C=O) groups is 4. The van der Waals surface area contributed by atoms with Crippen molar-refractivity contribution in [1.82, 2.24) is 21.3 Å². The lowest BCUT2D eigenvalue weighted by Crippen LogP contribution is -2.59. The maximum atomic E-state index is 12.6. The minimum absolute atomic E-state index is 0.273. The van der Waals surface area contributed by atoms with Crippen LogP contribution in [0.15, 0.2) is 0 Å². The average molecular weight is 400 g/mol. The number of nitrogens with one attached hydrogen (secondary N) is 4. The Morgan fingerprint density at radius 2 is 1.64 bits per heavy atom. The van der Waals surface area contributed by atoms with E-state index in [9.17, 15) is 24.3 Å². The van der Waals surface area contributed by atoms with Gasteiger partial charge in [-0.05, 0) is 39.2 Å². The summed E-state index contributed by atoms with van der Waals surface area (Å²) in [6.45, 7) is 7.10. The van der Waals surface area contributed by atoms with E-state index in [4.69, 9.17) is 5.11 Å². The molecule has 1 fully saturated rings. The van der Waals surface area contributed by atoms with Crippen LogP contribution < -0.4 is 21.3 Å². The van der Waals surface area contributed by atoms with Crippen molar-refractivity contribution in [2.75, 3.05) is 6.54 Å². The zero-order chi connectivity index (χ0) is 21.4. The number of carbonyl (C=O) groups excluding carboxylic acids is 3. The molecule has 0 saturated carbocycles. The predicted molar refractivity (Wildman–Crippen MR) is 101 cm³/mol. The Hall–Kier alpha value is -2.20. The van der Waals surface area contributed by atoms with Gasteiger partial charge in [0.05, 0.1) is 12.1 Å². The van der Waals surface area contributed by atoms with E-state index in [1.807, 2.05) is 6.92 Å². The maximum Gasteiger partial charge on any atom is 0.328 e. The number of carboxylic acid groups (broad SMARTS) is 1. The molecule has 6 unspecified atom stereocenters. The van der Waals surface area contributed by atoms with Crippen molar-refractivity contribution in [3.05, 3.63) is 0 Å². The third-order valence-corrected chi connectivity index (χ3v) is 4.97. The van der Waals surface area contributed by atoms with Crippen molar-refractivity contribution in [3.8, 4) is 0 Å². The van der Waals surface area contributed by atoms with Crippen molar-refractivity contribution in [2.45, 2.75) is 77.2 Å². The second kappa shape index (κ2) is 11.0. The number of amides is 3. The molecule has 1 heterocycles. The lowest BCUT2D eigenvalue weighted by atomic mass is 9.97. The molecule has 10 heteroatoms. The van der Waals surface area contributed by atoms with E-state index in [2.05, 4.69) is 21.3 Å². The molecule has 1 aliphatic heterocycles. The number of rotatable bonds is 10. The Morgan fingerprint density at radius 3 is 2.11 bits per heavy atom. The van der Waals surface area contributed by atoms with Crippen LogP contribution >= 0.6 is 0 Å². The molecular formula is C18H32N4O6. The highest BCUT2D eigenvalue weighted by molar-refractivity contribution is 5.94. The van der Waals surface area contributed by atoms with Gasteiger partial charge in [0, 0.05) is 0 Å². The number of hydrogen-bond donors (Lipinski definition) is 6. The summed E-state index contributed by atoms with van der Waals surface area (Å²) < 4.78 is 0. The number of aliphatic carboxylic acids is 1. The summed E-state index contributed by atoms with van der Waals surface area (Å²) >= 11 is 0. The van der Waals surface area contributed by atoms with Gasteiger partial charge in [-0.25, -0.2) is 4.79 Å². The van der Waals surface area contributed by atoms with Crippen molar-refractivity contribution < 1.29 is 29.4 Å². The van der Waals surface area contributed by atoms with Crippen LogP contribution in [0.4, 0.5) is 0 Å². The number of hydrogen-bond acceptors (Lipinski definition) is 6. The van der Waals surface area contributed by atoms with Crippen LogP contribution in [0, 0.1) is 5.92 Å². The topological polar surface area (TPSA) is 157 Å². The van der Waals surface area contributed by atoms with Crippen LogP contribution in [0.2, 0.25) is 0 Å². The Morgan fingerprint density at radius 1 is 1.04 bits per heavy atom. The summed E-state index contributed by atoms with van der Waals surface area (Å²) in [6.07, 6.45) is 0.848. The Labute approximate surface area is 164 Å². The first-order chi connectivity index (χ1) is 13.1. The fourth-order valence-electron chi connectivity index (χ4n) is 2.90. The number of carboxylic acids is 1. The van der Waals surface area contributed by atoms with Gasteiger partial charge in [-0.3, -0.25) is 14.4 Å². The molecule has 1 saturated heterocycles. The van der Waals surface area contributed by atoms with Gasteiger partial charge in [-0.2, -0.15) is 0 Å². The molecule has 0 aromatic heterocycles. The highest BCUT2D eigenvalue weighted by atomic mass is 16.4. The smallest absolute Gasteiger partial charge is 0.328 e.